The van der Waals surface area contributed by atoms with Gasteiger partial charge in [-0.05, 0) is 12.8 Å². The molecular formula is C13H26O5. The van der Waals surface area contributed by atoms with Gasteiger partial charge in [0.25, 0.3) is 0 Å². The number of ether oxygens (including phenoxy) is 3. The Hall–Kier alpha value is -1.10. The van der Waals surface area contributed by atoms with Gasteiger partial charge in [0.15, 0.2) is 0 Å². The van der Waals surface area contributed by atoms with E-state index in [9.17, 15) is 9.59 Å². The zero-order valence-electron chi connectivity index (χ0n) is 12.3. The number of methoxy groups -OCH3 is 1. The van der Waals surface area contributed by atoms with E-state index < -0.39 is 0 Å². The molecular weight excluding hydrogens is 236 g/mol. The van der Waals surface area contributed by atoms with Crippen LogP contribution in [0.25, 0.3) is 0 Å². The van der Waals surface area contributed by atoms with E-state index in [0.29, 0.717) is 19.1 Å². The zero-order chi connectivity index (χ0) is 14.6. The van der Waals surface area contributed by atoms with E-state index in [1.54, 1.807) is 7.11 Å². The van der Waals surface area contributed by atoms with Crippen LogP contribution < -0.4 is 0 Å². The lowest BCUT2D eigenvalue weighted by Crippen LogP contribution is -2.10. The van der Waals surface area contributed by atoms with Crippen molar-refractivity contribution >= 4 is 11.9 Å². The first-order valence-corrected chi connectivity index (χ1v) is 6.09. The molecule has 0 aromatic carbocycles. The Labute approximate surface area is 110 Å². The molecule has 1 atom stereocenters. The van der Waals surface area contributed by atoms with Gasteiger partial charge in [0, 0.05) is 27.4 Å². The summed E-state index contributed by atoms with van der Waals surface area (Å²) in [6.45, 7) is 9.74. The molecule has 0 rings (SSSR count). The molecule has 0 fully saturated rings. The fourth-order valence-electron chi connectivity index (χ4n) is 0.770. The standard InChI is InChI=1S/C7H14O3.C6H12O2/c1-6(9-3)4-5-10-7(2)8;1-5(2)4-8-6(3)7/h6H,4-5H2,1-3H3;5H,4H2,1-3H3. The number of rotatable bonds is 6. The molecule has 1 unspecified atom stereocenters. The molecule has 0 heterocycles. The Morgan fingerprint density at radius 1 is 1.00 bits per heavy atom. The summed E-state index contributed by atoms with van der Waals surface area (Å²) in [7, 11) is 1.64. The van der Waals surface area contributed by atoms with E-state index in [0.717, 1.165) is 6.42 Å². The van der Waals surface area contributed by atoms with E-state index in [4.69, 9.17) is 9.47 Å². The van der Waals surface area contributed by atoms with E-state index in [1.807, 2.05) is 20.8 Å². The lowest BCUT2D eigenvalue weighted by Gasteiger charge is -2.07. The highest BCUT2D eigenvalue weighted by atomic mass is 16.5. The van der Waals surface area contributed by atoms with Gasteiger partial charge in [0.1, 0.15) is 0 Å². The van der Waals surface area contributed by atoms with Crippen molar-refractivity contribution in [1.29, 1.82) is 0 Å². The smallest absolute Gasteiger partial charge is 0.302 e. The molecule has 0 amide bonds. The van der Waals surface area contributed by atoms with Crippen LogP contribution in [0, 0.1) is 5.92 Å². The number of hydrogen-bond acceptors (Lipinski definition) is 5. The first-order chi connectivity index (χ1) is 8.29. The summed E-state index contributed by atoms with van der Waals surface area (Å²) in [6, 6.07) is 0. The van der Waals surface area contributed by atoms with Crippen molar-refractivity contribution in [3.8, 4) is 0 Å². The van der Waals surface area contributed by atoms with E-state index in [-0.39, 0.29) is 18.0 Å². The van der Waals surface area contributed by atoms with Gasteiger partial charge in [-0.15, -0.1) is 0 Å². The van der Waals surface area contributed by atoms with Crippen molar-refractivity contribution in [2.75, 3.05) is 20.3 Å². The molecule has 108 valence electrons. The van der Waals surface area contributed by atoms with Crippen LogP contribution >= 0.6 is 0 Å². The molecule has 5 heteroatoms. The molecule has 0 saturated carbocycles. The largest absolute Gasteiger partial charge is 0.466 e. The van der Waals surface area contributed by atoms with Gasteiger partial charge in [-0.2, -0.15) is 0 Å². The number of esters is 2. The summed E-state index contributed by atoms with van der Waals surface area (Å²) < 4.78 is 14.3. The Balaban J connectivity index is 0. The third kappa shape index (κ3) is 20.3. The molecule has 0 spiro atoms. The molecule has 0 bridgehead atoms. The van der Waals surface area contributed by atoms with Crippen LogP contribution in [0.1, 0.15) is 41.0 Å². The summed E-state index contributed by atoms with van der Waals surface area (Å²) >= 11 is 0. The average molecular weight is 262 g/mol. The van der Waals surface area contributed by atoms with Crippen molar-refractivity contribution in [3.63, 3.8) is 0 Å². The fourth-order valence-corrected chi connectivity index (χ4v) is 0.770. The normalized spacial score (nSPS) is 11.3. The maximum atomic E-state index is 10.3. The first kappa shape index (κ1) is 19.2. The first-order valence-electron chi connectivity index (χ1n) is 6.09. The molecule has 0 aromatic heterocycles. The summed E-state index contributed by atoms with van der Waals surface area (Å²) in [5.41, 5.74) is 0. The molecule has 0 radical (unpaired) electrons. The molecule has 0 aliphatic heterocycles. The van der Waals surface area contributed by atoms with Crippen LogP contribution in [-0.2, 0) is 23.8 Å². The molecule has 0 N–H and O–H groups in total. The Kier molecular flexibility index (Phi) is 13.2. The molecule has 0 aliphatic carbocycles. The predicted octanol–water partition coefficient (Wildman–Crippen LogP) is 2.18. The molecule has 5 nitrogen and oxygen atoms in total. The van der Waals surface area contributed by atoms with Crippen LogP contribution in [0.5, 0.6) is 0 Å². The van der Waals surface area contributed by atoms with Gasteiger partial charge < -0.3 is 14.2 Å². The van der Waals surface area contributed by atoms with Crippen molar-refractivity contribution in [2.45, 2.75) is 47.1 Å². The topological polar surface area (TPSA) is 61.8 Å². The fraction of sp³-hybridized carbons (Fsp3) is 0.846. The Morgan fingerprint density at radius 2 is 1.50 bits per heavy atom. The lowest BCUT2D eigenvalue weighted by atomic mass is 10.2. The minimum Gasteiger partial charge on any atom is -0.466 e. The number of carbonyl (C=O) groups excluding carboxylic acids is 2. The highest BCUT2D eigenvalue weighted by Crippen LogP contribution is 1.94. The van der Waals surface area contributed by atoms with Crippen molar-refractivity contribution < 1.29 is 23.8 Å². The summed E-state index contributed by atoms with van der Waals surface area (Å²) in [6.07, 6.45) is 0.926. The third-order valence-electron chi connectivity index (χ3n) is 1.85. The summed E-state index contributed by atoms with van der Waals surface area (Å²) in [4.78, 5) is 20.4. The number of carbonyl (C=O) groups is 2. The van der Waals surface area contributed by atoms with Crippen LogP contribution in [0.4, 0.5) is 0 Å². The number of hydrogen-bond donors (Lipinski definition) is 0. The van der Waals surface area contributed by atoms with Gasteiger partial charge in [0.2, 0.25) is 0 Å². The van der Waals surface area contributed by atoms with Crippen LogP contribution in [-0.4, -0.2) is 38.4 Å². The van der Waals surface area contributed by atoms with Crippen LogP contribution in [0.15, 0.2) is 0 Å². The van der Waals surface area contributed by atoms with Gasteiger partial charge in [-0.25, -0.2) is 0 Å². The Bertz CT molecular complexity index is 225. The van der Waals surface area contributed by atoms with Crippen LogP contribution in [0.3, 0.4) is 0 Å². The van der Waals surface area contributed by atoms with Gasteiger partial charge >= 0.3 is 11.9 Å². The minimum absolute atomic E-state index is 0.166. The van der Waals surface area contributed by atoms with E-state index in [1.165, 1.54) is 13.8 Å². The SMILES string of the molecule is CC(=O)OCC(C)C.COC(C)CCOC(C)=O. The summed E-state index contributed by atoms with van der Waals surface area (Å²) in [5.74, 6) is 0.0147. The second kappa shape index (κ2) is 12.4. The highest BCUT2D eigenvalue weighted by Gasteiger charge is 1.99. The second-order valence-corrected chi connectivity index (χ2v) is 4.37. The zero-order valence-corrected chi connectivity index (χ0v) is 12.3. The second-order valence-electron chi connectivity index (χ2n) is 4.37. The summed E-state index contributed by atoms with van der Waals surface area (Å²) in [5, 5.41) is 0. The molecule has 0 aliphatic rings. The third-order valence-corrected chi connectivity index (χ3v) is 1.85. The quantitative estimate of drug-likeness (QED) is 0.687. The van der Waals surface area contributed by atoms with Gasteiger partial charge in [0.05, 0.1) is 19.3 Å². The van der Waals surface area contributed by atoms with Gasteiger partial charge in [-0.3, -0.25) is 9.59 Å². The predicted molar refractivity (Wildman–Crippen MR) is 69.2 cm³/mol. The maximum absolute atomic E-state index is 10.3. The average Bonchev–Trinajstić information content (AvgIpc) is 2.26. The lowest BCUT2D eigenvalue weighted by molar-refractivity contribution is -0.142. The van der Waals surface area contributed by atoms with Crippen molar-refractivity contribution in [3.05, 3.63) is 0 Å². The maximum Gasteiger partial charge on any atom is 0.302 e. The van der Waals surface area contributed by atoms with Gasteiger partial charge in [-0.1, -0.05) is 13.8 Å². The molecule has 18 heavy (non-hydrogen) atoms. The minimum atomic E-state index is -0.233. The van der Waals surface area contributed by atoms with E-state index in [2.05, 4.69) is 4.74 Å². The van der Waals surface area contributed by atoms with Crippen molar-refractivity contribution in [2.24, 2.45) is 5.92 Å². The highest BCUT2D eigenvalue weighted by molar-refractivity contribution is 5.66. The monoisotopic (exact) mass is 262 g/mol. The Morgan fingerprint density at radius 3 is 1.78 bits per heavy atom. The molecule has 0 saturated heterocycles. The molecule has 0 aromatic rings. The van der Waals surface area contributed by atoms with Crippen molar-refractivity contribution in [1.82, 2.24) is 0 Å². The van der Waals surface area contributed by atoms with E-state index >= 15 is 0 Å². The van der Waals surface area contributed by atoms with Crippen LogP contribution in [0.2, 0.25) is 0 Å².